The van der Waals surface area contributed by atoms with Crippen molar-refractivity contribution in [2.45, 2.75) is 38.6 Å². The molecule has 1 amide bonds. The minimum absolute atomic E-state index is 0.0526. The normalized spacial score (nSPS) is 18.0. The van der Waals surface area contributed by atoms with Crippen LogP contribution in [0.4, 0.5) is 0 Å². The molecule has 2 aliphatic rings. The van der Waals surface area contributed by atoms with E-state index in [1.807, 2.05) is 23.1 Å². The number of ether oxygens (including phenoxy) is 1. The van der Waals surface area contributed by atoms with Gasteiger partial charge in [-0.25, -0.2) is 0 Å². The Hall–Kier alpha value is -2.57. The molecular formula is C20H25N3O4. The third kappa shape index (κ3) is 4.23. The van der Waals surface area contributed by atoms with Gasteiger partial charge < -0.3 is 14.7 Å². The molecule has 1 aliphatic heterocycles. The third-order valence-electron chi connectivity index (χ3n) is 5.49. The van der Waals surface area contributed by atoms with Gasteiger partial charge in [0, 0.05) is 24.4 Å². The lowest BCUT2D eigenvalue weighted by atomic mass is 9.97. The molecule has 0 bridgehead atoms. The van der Waals surface area contributed by atoms with Crippen LogP contribution in [-0.2, 0) is 16.1 Å². The maximum Gasteiger partial charge on any atom is 0.305 e. The summed E-state index contributed by atoms with van der Waals surface area (Å²) in [6, 6.07) is 5.79. The second kappa shape index (κ2) is 7.58. The standard InChI is InChI=1S/C20H25N3O4/c24-19(25)7-10-23-18-4-3-17(11-16(18)12-21-23)27-13-14-5-8-22(9-6-14)20(26)15-1-2-15/h3-4,11-12,14-15H,1-2,5-10,13H2,(H,24,25). The SMILES string of the molecule is O=C(O)CCn1ncc2cc(OCC3CCN(C(=O)C4CC4)CC3)ccc21. The molecule has 2 heterocycles. The van der Waals surface area contributed by atoms with Crippen molar-refractivity contribution in [1.82, 2.24) is 14.7 Å². The molecule has 1 aromatic carbocycles. The average Bonchev–Trinajstić information content (AvgIpc) is 3.45. The van der Waals surface area contributed by atoms with Crippen molar-refractivity contribution in [2.24, 2.45) is 11.8 Å². The van der Waals surface area contributed by atoms with Crippen molar-refractivity contribution in [3.8, 4) is 5.75 Å². The fourth-order valence-corrected chi connectivity index (χ4v) is 3.66. The highest BCUT2D eigenvalue weighted by Gasteiger charge is 2.34. The number of aromatic nitrogens is 2. The lowest BCUT2D eigenvalue weighted by molar-refractivity contribution is -0.137. The molecule has 1 aliphatic carbocycles. The zero-order valence-corrected chi connectivity index (χ0v) is 15.3. The number of carboxylic acids is 1. The number of benzene rings is 1. The van der Waals surface area contributed by atoms with Crippen molar-refractivity contribution in [1.29, 1.82) is 0 Å². The van der Waals surface area contributed by atoms with Crippen LogP contribution in [0.15, 0.2) is 24.4 Å². The topological polar surface area (TPSA) is 84.7 Å². The number of carbonyl (C=O) groups excluding carboxylic acids is 1. The molecule has 144 valence electrons. The van der Waals surface area contributed by atoms with Crippen molar-refractivity contribution < 1.29 is 19.4 Å². The molecule has 1 saturated heterocycles. The Morgan fingerprint density at radius 3 is 2.67 bits per heavy atom. The van der Waals surface area contributed by atoms with Gasteiger partial charge in [0.15, 0.2) is 0 Å². The van der Waals surface area contributed by atoms with Crippen molar-refractivity contribution in [3.63, 3.8) is 0 Å². The van der Waals surface area contributed by atoms with Crippen LogP contribution in [0, 0.1) is 11.8 Å². The number of aliphatic carboxylic acids is 1. The Morgan fingerprint density at radius 1 is 1.19 bits per heavy atom. The number of nitrogens with zero attached hydrogens (tertiary/aromatic N) is 3. The van der Waals surface area contributed by atoms with E-state index in [1.165, 1.54) is 0 Å². The first kappa shape index (κ1) is 17.8. The number of aryl methyl sites for hydroxylation is 1. The van der Waals surface area contributed by atoms with E-state index >= 15 is 0 Å². The van der Waals surface area contributed by atoms with Gasteiger partial charge in [0.2, 0.25) is 5.91 Å². The molecule has 27 heavy (non-hydrogen) atoms. The van der Waals surface area contributed by atoms with Crippen LogP contribution >= 0.6 is 0 Å². The van der Waals surface area contributed by atoms with Crippen LogP contribution in [0.3, 0.4) is 0 Å². The summed E-state index contributed by atoms with van der Waals surface area (Å²) in [6.07, 6.45) is 5.92. The summed E-state index contributed by atoms with van der Waals surface area (Å²) in [5.74, 6) is 1.10. The van der Waals surface area contributed by atoms with Gasteiger partial charge in [-0.15, -0.1) is 0 Å². The van der Waals surface area contributed by atoms with Gasteiger partial charge in [0.05, 0.1) is 31.3 Å². The lowest BCUT2D eigenvalue weighted by Gasteiger charge is -2.32. The van der Waals surface area contributed by atoms with Crippen molar-refractivity contribution >= 4 is 22.8 Å². The number of carboxylic acid groups (broad SMARTS) is 1. The number of likely N-dealkylation sites (tertiary alicyclic amines) is 1. The van der Waals surface area contributed by atoms with E-state index in [0.717, 1.165) is 55.4 Å². The second-order valence-electron chi connectivity index (χ2n) is 7.59. The number of rotatable bonds is 7. The Kier molecular flexibility index (Phi) is 5.01. The molecule has 0 atom stereocenters. The highest BCUT2D eigenvalue weighted by Crippen LogP contribution is 2.32. The first-order valence-corrected chi connectivity index (χ1v) is 9.69. The molecule has 7 heteroatoms. The average molecular weight is 371 g/mol. The molecule has 0 spiro atoms. The highest BCUT2D eigenvalue weighted by atomic mass is 16.5. The summed E-state index contributed by atoms with van der Waals surface area (Å²) in [5.41, 5.74) is 0.912. The largest absolute Gasteiger partial charge is 0.493 e. The fraction of sp³-hybridized carbons (Fsp3) is 0.550. The fourth-order valence-electron chi connectivity index (χ4n) is 3.66. The molecule has 1 N–H and O–H groups in total. The minimum Gasteiger partial charge on any atom is -0.493 e. The van der Waals surface area contributed by atoms with Crippen LogP contribution in [0.5, 0.6) is 5.75 Å². The lowest BCUT2D eigenvalue weighted by Crippen LogP contribution is -2.40. The predicted molar refractivity (Wildman–Crippen MR) is 99.5 cm³/mol. The molecule has 4 rings (SSSR count). The van der Waals surface area contributed by atoms with Gasteiger partial charge in [-0.3, -0.25) is 14.3 Å². The summed E-state index contributed by atoms with van der Waals surface area (Å²) in [6.45, 7) is 2.71. The van der Waals surface area contributed by atoms with E-state index in [4.69, 9.17) is 9.84 Å². The molecule has 1 saturated carbocycles. The summed E-state index contributed by atoms with van der Waals surface area (Å²) in [7, 11) is 0. The van der Waals surface area contributed by atoms with E-state index in [2.05, 4.69) is 5.10 Å². The first-order valence-electron chi connectivity index (χ1n) is 9.69. The van der Waals surface area contributed by atoms with Gasteiger partial charge in [0.25, 0.3) is 0 Å². The first-order chi connectivity index (χ1) is 13.1. The molecule has 7 nitrogen and oxygen atoms in total. The summed E-state index contributed by atoms with van der Waals surface area (Å²) in [4.78, 5) is 24.9. The second-order valence-corrected chi connectivity index (χ2v) is 7.59. The number of amides is 1. The maximum absolute atomic E-state index is 12.1. The van der Waals surface area contributed by atoms with Gasteiger partial charge in [-0.05, 0) is 49.8 Å². The van der Waals surface area contributed by atoms with Gasteiger partial charge in [-0.2, -0.15) is 5.10 Å². The number of fused-ring (bicyclic) bond motifs is 1. The molecule has 0 unspecified atom stereocenters. The highest BCUT2D eigenvalue weighted by molar-refractivity contribution is 5.81. The quantitative estimate of drug-likeness (QED) is 0.808. The zero-order valence-electron chi connectivity index (χ0n) is 15.3. The Labute approximate surface area is 157 Å². The summed E-state index contributed by atoms with van der Waals surface area (Å²) in [5, 5.41) is 14.0. The molecule has 0 radical (unpaired) electrons. The molecule has 2 aromatic rings. The number of hydrogen-bond donors (Lipinski definition) is 1. The van der Waals surface area contributed by atoms with Crippen molar-refractivity contribution in [2.75, 3.05) is 19.7 Å². The van der Waals surface area contributed by atoms with E-state index in [1.54, 1.807) is 10.9 Å². The summed E-state index contributed by atoms with van der Waals surface area (Å²) < 4.78 is 7.69. The smallest absolute Gasteiger partial charge is 0.305 e. The molecular weight excluding hydrogens is 346 g/mol. The Balaban J connectivity index is 1.29. The Morgan fingerprint density at radius 2 is 1.96 bits per heavy atom. The number of piperidine rings is 1. The molecule has 1 aromatic heterocycles. The van der Waals surface area contributed by atoms with E-state index in [0.29, 0.717) is 30.9 Å². The van der Waals surface area contributed by atoms with Crippen molar-refractivity contribution in [3.05, 3.63) is 24.4 Å². The van der Waals surface area contributed by atoms with Gasteiger partial charge in [-0.1, -0.05) is 0 Å². The monoisotopic (exact) mass is 371 g/mol. The zero-order chi connectivity index (χ0) is 18.8. The van der Waals surface area contributed by atoms with E-state index < -0.39 is 5.97 Å². The van der Waals surface area contributed by atoms with E-state index in [-0.39, 0.29) is 6.42 Å². The van der Waals surface area contributed by atoms with E-state index in [9.17, 15) is 9.59 Å². The minimum atomic E-state index is -0.830. The van der Waals surface area contributed by atoms with Gasteiger partial charge >= 0.3 is 5.97 Å². The van der Waals surface area contributed by atoms with Crippen LogP contribution in [0.1, 0.15) is 32.1 Å². The number of carbonyl (C=O) groups is 2. The Bertz CT molecular complexity index is 835. The molecule has 2 fully saturated rings. The predicted octanol–water partition coefficient (Wildman–Crippen LogP) is 2.54. The van der Waals surface area contributed by atoms with Crippen LogP contribution in [0.2, 0.25) is 0 Å². The van der Waals surface area contributed by atoms with Gasteiger partial charge in [0.1, 0.15) is 5.75 Å². The number of hydrogen-bond acceptors (Lipinski definition) is 4. The summed E-state index contributed by atoms with van der Waals surface area (Å²) >= 11 is 0. The van der Waals surface area contributed by atoms with Crippen LogP contribution < -0.4 is 4.74 Å². The third-order valence-corrected chi connectivity index (χ3v) is 5.49. The van der Waals surface area contributed by atoms with Crippen LogP contribution in [-0.4, -0.2) is 51.4 Å². The maximum atomic E-state index is 12.1. The van der Waals surface area contributed by atoms with Crippen LogP contribution in [0.25, 0.3) is 10.9 Å².